The van der Waals surface area contributed by atoms with E-state index < -0.39 is 12.2 Å². The molecule has 0 bridgehead atoms. The fourth-order valence-electron chi connectivity index (χ4n) is 15.7. The molecule has 0 fully saturated rings. The molecule has 4 aliphatic rings. The smallest absolute Gasteiger partial charge is 0.415 e. The summed E-state index contributed by atoms with van der Waals surface area (Å²) in [5, 5.41) is 7.15. The molecule has 9 aromatic carbocycles. The summed E-state index contributed by atoms with van der Waals surface area (Å²) in [6, 6.07) is 62.7. The molecule has 17 rings (SSSR count). The van der Waals surface area contributed by atoms with E-state index in [-0.39, 0.29) is 56.2 Å². The van der Waals surface area contributed by atoms with E-state index in [2.05, 4.69) is 39.0 Å². The van der Waals surface area contributed by atoms with Gasteiger partial charge >= 0.3 is 24.4 Å². The minimum atomic E-state index is -0.430. The van der Waals surface area contributed by atoms with Gasteiger partial charge in [-0.25, -0.2) is 19.2 Å². The molecule has 0 aliphatic carbocycles. The topological polar surface area (TPSA) is 218 Å². The highest BCUT2D eigenvalue weighted by molar-refractivity contribution is 6.32. The van der Waals surface area contributed by atoms with Crippen molar-refractivity contribution in [3.8, 4) is 35.3 Å². The maximum Gasteiger partial charge on any atom is 0.415 e. The van der Waals surface area contributed by atoms with E-state index in [1.165, 1.54) is 22.3 Å². The van der Waals surface area contributed by atoms with E-state index in [0.29, 0.717) is 59.1 Å². The Morgan fingerprint density at radius 2 is 0.704 bits per heavy atom. The number of aromatic amines is 4. The van der Waals surface area contributed by atoms with Crippen LogP contribution in [0.5, 0.6) is 23.0 Å². The summed E-state index contributed by atoms with van der Waals surface area (Å²) in [7, 11) is 6.53. The molecule has 4 atom stereocenters. The van der Waals surface area contributed by atoms with Crippen LogP contribution in [0.1, 0.15) is 97.0 Å². The van der Waals surface area contributed by atoms with Crippen molar-refractivity contribution in [2.45, 2.75) is 56.5 Å². The standard InChI is InChI=1S/C26H23ClN2O3.C22H21ClN2O3.C22H19ClN2O3.C21H19ClN2O3/c1-31-20-10-7-18(8-11-20)25-24-21(22-15-19(27)9-12-23(22)28-24)13-14-29(25)26(30)32-16-17-5-3-2-4-6-17;2*1-3-12-28-22(26)25-11-10-17-18-13-15(23)6-9-19(18)24-20(17)21(25)14-4-7-16(27-2)8-5-14;1-3-27-21(25)24-11-10-16-17-12-14(22)6-9-18(17)23-19(16)20(24)13-4-7-15(26-2)8-5-13/h2-12,15,25,28H,13-14,16H2,1H3;3-9,13,21,24H,1,10-12H2,2H3;1,4-9,13,21,24H,10-12H2,2H3;3-9,12,20,23H,1,10-11H2,2H3. The van der Waals surface area contributed by atoms with Gasteiger partial charge in [-0.1, -0.05) is 150 Å². The van der Waals surface area contributed by atoms with Crippen LogP contribution in [0.25, 0.3) is 43.6 Å². The lowest BCUT2D eigenvalue weighted by atomic mass is 9.92. The second kappa shape index (κ2) is 35.8. The Hall–Kier alpha value is -12.4. The monoisotopic (exact) mass is 1620 g/mol. The number of ether oxygens (including phenoxy) is 8. The second-order valence-electron chi connectivity index (χ2n) is 27.5. The third-order valence-corrected chi connectivity index (χ3v) is 22.0. The van der Waals surface area contributed by atoms with Crippen LogP contribution in [-0.2, 0) is 51.2 Å². The number of nitrogens with one attached hydrogen (secondary N) is 4. The first-order valence-corrected chi connectivity index (χ1v) is 38.7. The fourth-order valence-corrected chi connectivity index (χ4v) is 16.4. The number of H-pyrrole nitrogens is 4. The van der Waals surface area contributed by atoms with Crippen molar-refractivity contribution in [1.82, 2.24) is 39.5 Å². The van der Waals surface area contributed by atoms with Gasteiger partial charge in [-0.2, -0.15) is 0 Å². The Bertz CT molecular complexity index is 5760. The third-order valence-electron chi connectivity index (χ3n) is 21.0. The van der Waals surface area contributed by atoms with Gasteiger partial charge in [-0.3, -0.25) is 19.6 Å². The zero-order valence-electron chi connectivity index (χ0n) is 63.5. The second-order valence-corrected chi connectivity index (χ2v) is 29.3. The molecule has 24 heteroatoms. The Morgan fingerprint density at radius 1 is 0.409 bits per heavy atom. The molecule has 8 heterocycles. The number of halogens is 4. The van der Waals surface area contributed by atoms with Crippen molar-refractivity contribution >= 4 is 114 Å². The molecule has 0 spiro atoms. The van der Waals surface area contributed by atoms with Gasteiger partial charge in [-0.15, -0.1) is 6.42 Å². The average Bonchev–Trinajstić information content (AvgIpc) is 1.62. The van der Waals surface area contributed by atoms with E-state index in [9.17, 15) is 19.2 Å². The number of fused-ring (bicyclic) bond motifs is 12. The molecule has 0 radical (unpaired) electrons. The Labute approximate surface area is 684 Å². The van der Waals surface area contributed by atoms with Gasteiger partial charge in [0.25, 0.3) is 0 Å². The first-order valence-electron chi connectivity index (χ1n) is 37.2. The fraction of sp³-hybridized carbons (Fsp3) is 0.209. The van der Waals surface area contributed by atoms with Crippen LogP contribution < -0.4 is 18.9 Å². The van der Waals surface area contributed by atoms with E-state index in [4.69, 9.17) is 90.7 Å². The van der Waals surface area contributed by atoms with Crippen molar-refractivity contribution in [2.24, 2.45) is 0 Å². The largest absolute Gasteiger partial charge is 0.497 e. The van der Waals surface area contributed by atoms with Gasteiger partial charge in [0.15, 0.2) is 6.61 Å². The predicted octanol–water partition coefficient (Wildman–Crippen LogP) is 20.8. The van der Waals surface area contributed by atoms with E-state index in [0.717, 1.165) is 136 Å². The van der Waals surface area contributed by atoms with Crippen LogP contribution in [0.2, 0.25) is 20.1 Å². The van der Waals surface area contributed by atoms with Gasteiger partial charge in [0.2, 0.25) is 0 Å². The molecule has 0 saturated carbocycles. The number of carbonyl (C=O) groups is 4. The maximum absolute atomic E-state index is 13.2. The van der Waals surface area contributed by atoms with Crippen LogP contribution in [0.4, 0.5) is 19.2 Å². The van der Waals surface area contributed by atoms with Crippen LogP contribution in [0.3, 0.4) is 0 Å². The summed E-state index contributed by atoms with van der Waals surface area (Å²) in [6.45, 7) is 9.64. The first-order chi connectivity index (χ1) is 56.0. The van der Waals surface area contributed by atoms with Crippen LogP contribution in [0, 0.1) is 12.3 Å². The molecule has 0 saturated heterocycles. The molecule has 586 valence electrons. The highest BCUT2D eigenvalue weighted by Gasteiger charge is 2.40. The number of rotatable bonds is 14. The number of hydrogen-bond donors (Lipinski definition) is 4. The van der Waals surface area contributed by atoms with Crippen molar-refractivity contribution in [2.75, 3.05) is 67.8 Å². The lowest BCUT2D eigenvalue weighted by molar-refractivity contribution is 0.0831. The quantitative estimate of drug-likeness (QED) is 0.0346. The molecular formula is C91H82Cl4N8O12. The van der Waals surface area contributed by atoms with E-state index >= 15 is 0 Å². The predicted molar refractivity (Wildman–Crippen MR) is 449 cm³/mol. The number of terminal acetylenes is 1. The van der Waals surface area contributed by atoms with Gasteiger partial charge in [0, 0.05) is 113 Å². The Balaban J connectivity index is 0.000000127. The number of amides is 4. The lowest BCUT2D eigenvalue weighted by Gasteiger charge is -2.35. The van der Waals surface area contributed by atoms with Crippen molar-refractivity contribution in [3.05, 3.63) is 319 Å². The summed E-state index contributed by atoms with van der Waals surface area (Å²) in [6.07, 6.45) is 9.30. The van der Waals surface area contributed by atoms with Crippen molar-refractivity contribution in [1.29, 1.82) is 0 Å². The van der Waals surface area contributed by atoms with E-state index in [1.54, 1.807) is 54.1 Å². The number of methoxy groups -OCH3 is 4. The van der Waals surface area contributed by atoms with Gasteiger partial charge in [0.1, 0.15) is 60.4 Å². The summed E-state index contributed by atoms with van der Waals surface area (Å²) in [5.74, 6) is 5.40. The van der Waals surface area contributed by atoms with E-state index in [1.807, 2.05) is 200 Å². The average molecular weight is 1620 g/mol. The molecule has 4 amide bonds. The summed E-state index contributed by atoms with van der Waals surface area (Å²) >= 11 is 24.9. The first kappa shape index (κ1) is 79.3. The SMILES string of the molecule is C#CCOC(=O)N1CCc2c([nH]c3ccc(Cl)cc23)C1c1ccc(OC)cc1.C=CCOC(=O)N1CCc2c([nH]c3ccc(Cl)cc23)C1c1ccc(OC)cc1.C=COC(=O)N1CCc2c([nH]c3ccc(Cl)cc23)C1c1ccc(OC)cc1.COc1ccc(C2c3[nH]c4ccc(Cl)cc4c3CCN2C(=O)OCc2ccccc2)cc1. The molecule has 4 N–H and O–H groups in total. The maximum atomic E-state index is 13.2. The van der Waals surface area contributed by atoms with Gasteiger partial charge in [-0.05, 0) is 197 Å². The van der Waals surface area contributed by atoms with Crippen LogP contribution in [0.15, 0.2) is 226 Å². The number of benzene rings is 9. The molecule has 4 aromatic heterocycles. The lowest BCUT2D eigenvalue weighted by Crippen LogP contribution is -2.41. The van der Waals surface area contributed by atoms with Crippen LogP contribution >= 0.6 is 46.4 Å². The summed E-state index contributed by atoms with van der Waals surface area (Å²) in [5.41, 5.74) is 17.5. The molecule has 115 heavy (non-hydrogen) atoms. The third kappa shape index (κ3) is 17.0. The molecule has 4 unspecified atom stereocenters. The number of nitrogens with zero attached hydrogens (tertiary/aromatic N) is 4. The highest BCUT2D eigenvalue weighted by atomic mass is 35.5. The zero-order chi connectivity index (χ0) is 80.4. The minimum absolute atomic E-state index is 0.0557. The summed E-state index contributed by atoms with van der Waals surface area (Å²) in [4.78, 5) is 72.2. The number of hydrogen-bond acceptors (Lipinski definition) is 12. The highest BCUT2D eigenvalue weighted by Crippen LogP contribution is 2.45. The van der Waals surface area contributed by atoms with Gasteiger partial charge < -0.3 is 57.8 Å². The molecule has 4 aliphatic heterocycles. The Kier molecular flexibility index (Phi) is 24.7. The minimum Gasteiger partial charge on any atom is -0.497 e. The summed E-state index contributed by atoms with van der Waals surface area (Å²) < 4.78 is 42.5. The number of carbonyl (C=O) groups excluding carboxylic acids is 4. The van der Waals surface area contributed by atoms with Crippen molar-refractivity contribution < 1.29 is 57.1 Å². The zero-order valence-corrected chi connectivity index (χ0v) is 66.5. The molecule has 20 nitrogen and oxygen atoms in total. The van der Waals surface area contributed by atoms with Crippen molar-refractivity contribution in [3.63, 3.8) is 0 Å². The van der Waals surface area contributed by atoms with Gasteiger partial charge in [0.05, 0.1) is 34.7 Å². The Morgan fingerprint density at radius 3 is 0.991 bits per heavy atom. The van der Waals surface area contributed by atoms with Crippen LogP contribution in [-0.4, -0.2) is 132 Å². The normalized spacial score (nSPS) is 15.8. The molecule has 13 aromatic rings. The number of aromatic nitrogens is 4. The molecular weight excluding hydrogens is 1540 g/mol.